The van der Waals surface area contributed by atoms with Crippen LogP contribution in [-0.2, 0) is 20.4 Å². The molecule has 2 bridgehead atoms. The molecule has 0 spiro atoms. The zero-order valence-electron chi connectivity index (χ0n) is 25.3. The van der Waals surface area contributed by atoms with E-state index >= 15 is 0 Å². The minimum atomic E-state index is -2.86. The lowest BCUT2D eigenvalue weighted by molar-refractivity contribution is -0.126. The lowest BCUT2D eigenvalue weighted by atomic mass is 9.53. The van der Waals surface area contributed by atoms with Crippen molar-refractivity contribution in [1.29, 1.82) is 0 Å². The Labute approximate surface area is 251 Å². The third-order valence-electron chi connectivity index (χ3n) is 9.84. The van der Waals surface area contributed by atoms with Crippen LogP contribution in [0.3, 0.4) is 0 Å². The average molecular weight is 594 g/mol. The van der Waals surface area contributed by atoms with E-state index < -0.39 is 6.61 Å². The Kier molecular flexibility index (Phi) is 8.05. The molecule has 0 N–H and O–H groups in total. The van der Waals surface area contributed by atoms with Gasteiger partial charge in [-0.15, -0.1) is 0 Å². The van der Waals surface area contributed by atoms with Gasteiger partial charge in [0.05, 0.1) is 0 Å². The lowest BCUT2D eigenvalue weighted by Crippen LogP contribution is -2.52. The molecule has 7 nitrogen and oxygen atoms in total. The Bertz CT molecular complexity index is 1400. The summed E-state index contributed by atoms with van der Waals surface area (Å²) in [6.45, 7) is 5.28. The summed E-state index contributed by atoms with van der Waals surface area (Å²) >= 11 is 0. The van der Waals surface area contributed by atoms with Crippen molar-refractivity contribution in [1.82, 2.24) is 10.1 Å². The van der Waals surface area contributed by atoms with E-state index in [1.54, 1.807) is 24.3 Å². The second kappa shape index (κ2) is 11.6. The summed E-state index contributed by atoms with van der Waals surface area (Å²) in [6, 6.07) is 14.6. The molecular weight excluding hydrogens is 552 g/mol. The molecule has 1 saturated heterocycles. The van der Waals surface area contributed by atoms with Crippen molar-refractivity contribution in [3.8, 4) is 16.9 Å². The number of amides is 1. The van der Waals surface area contributed by atoms with Gasteiger partial charge in [0.1, 0.15) is 5.75 Å². The Morgan fingerprint density at radius 1 is 1.00 bits per heavy atom. The summed E-state index contributed by atoms with van der Waals surface area (Å²) in [7, 11) is 0. The number of fused-ring (bicyclic) bond motifs is 3. The van der Waals surface area contributed by atoms with Crippen LogP contribution in [0.4, 0.5) is 14.5 Å². The Morgan fingerprint density at radius 2 is 1.67 bits per heavy atom. The van der Waals surface area contributed by atoms with Crippen molar-refractivity contribution in [3.05, 3.63) is 60.2 Å². The number of hydrogen-bond acceptors (Lipinski definition) is 6. The number of benzene rings is 2. The van der Waals surface area contributed by atoms with Crippen molar-refractivity contribution < 1.29 is 27.6 Å². The Balaban J connectivity index is 1.25. The standard InChI is InChI=1S/C34H41F2N3O4/c1-32(2,3)30-37-29(38-43-30)34-16-13-33(14-17-34,15-18-34)22-39(28(40)24-11-19-41-20-12-24)26-6-4-5-25(21-26)23-7-9-27(10-8-23)42-31(35)36/h4-10,21,24,31H,11-20,22H2,1-3H3. The largest absolute Gasteiger partial charge is 0.435 e. The molecule has 43 heavy (non-hydrogen) atoms. The maximum Gasteiger partial charge on any atom is 0.387 e. The molecule has 0 atom stereocenters. The summed E-state index contributed by atoms with van der Waals surface area (Å²) < 4.78 is 41.1. The van der Waals surface area contributed by atoms with Crippen molar-refractivity contribution in [2.24, 2.45) is 11.3 Å². The molecule has 9 heteroatoms. The van der Waals surface area contributed by atoms with Crippen LogP contribution in [0.25, 0.3) is 11.1 Å². The minimum absolute atomic E-state index is 0.0312. The van der Waals surface area contributed by atoms with Crippen LogP contribution in [0, 0.1) is 11.3 Å². The number of aromatic nitrogens is 2. The first-order valence-electron chi connectivity index (χ1n) is 15.5. The van der Waals surface area contributed by atoms with Crippen LogP contribution in [-0.4, -0.2) is 42.4 Å². The molecule has 4 fully saturated rings. The molecule has 1 aliphatic heterocycles. The number of hydrogen-bond donors (Lipinski definition) is 0. The van der Waals surface area contributed by atoms with Gasteiger partial charge in [-0.2, -0.15) is 13.8 Å². The number of alkyl halides is 2. The summed E-state index contributed by atoms with van der Waals surface area (Å²) in [4.78, 5) is 21.0. The number of rotatable bonds is 8. The van der Waals surface area contributed by atoms with Crippen LogP contribution < -0.4 is 9.64 Å². The Hall–Kier alpha value is -3.33. The number of ether oxygens (including phenoxy) is 2. The van der Waals surface area contributed by atoms with E-state index in [-0.39, 0.29) is 33.8 Å². The molecule has 2 heterocycles. The highest BCUT2D eigenvalue weighted by Crippen LogP contribution is 2.58. The first kappa shape index (κ1) is 29.7. The van der Waals surface area contributed by atoms with Crippen molar-refractivity contribution in [2.45, 2.75) is 89.6 Å². The van der Waals surface area contributed by atoms with Gasteiger partial charge in [-0.1, -0.05) is 50.2 Å². The SMILES string of the molecule is CC(C)(C)c1nc(C23CCC(CN(C(=O)C4CCOCC4)c4cccc(-c5ccc(OC(F)F)cc5)c4)(CC2)CC3)no1. The third kappa shape index (κ3) is 6.19. The van der Waals surface area contributed by atoms with Crippen LogP contribution in [0.15, 0.2) is 53.1 Å². The zero-order chi connectivity index (χ0) is 30.2. The van der Waals surface area contributed by atoms with Crippen molar-refractivity contribution >= 4 is 11.6 Å². The monoisotopic (exact) mass is 593 g/mol. The lowest BCUT2D eigenvalue weighted by Gasteiger charge is -2.53. The van der Waals surface area contributed by atoms with Crippen LogP contribution in [0.1, 0.15) is 83.9 Å². The molecule has 0 radical (unpaired) electrons. The van der Waals surface area contributed by atoms with Gasteiger partial charge < -0.3 is 18.9 Å². The highest BCUT2D eigenvalue weighted by molar-refractivity contribution is 5.96. The van der Waals surface area contributed by atoms with Gasteiger partial charge in [0.25, 0.3) is 0 Å². The molecule has 2 aromatic carbocycles. The van der Waals surface area contributed by atoms with Gasteiger partial charge in [-0.05, 0) is 92.2 Å². The first-order valence-corrected chi connectivity index (χ1v) is 15.5. The number of nitrogens with zero attached hydrogens (tertiary/aromatic N) is 3. The van der Waals surface area contributed by atoms with E-state index in [9.17, 15) is 13.6 Å². The summed E-state index contributed by atoms with van der Waals surface area (Å²) in [5, 5.41) is 4.45. The fourth-order valence-electron chi connectivity index (χ4n) is 7.06. The second-order valence-electron chi connectivity index (χ2n) is 13.7. The molecule has 1 amide bonds. The quantitative estimate of drug-likeness (QED) is 0.267. The topological polar surface area (TPSA) is 77.7 Å². The minimum Gasteiger partial charge on any atom is -0.435 e. The van der Waals surface area contributed by atoms with E-state index in [4.69, 9.17) is 14.2 Å². The molecule has 3 aromatic rings. The average Bonchev–Trinajstić information content (AvgIpc) is 3.54. The fraction of sp³-hybridized carbons (Fsp3) is 0.559. The zero-order valence-corrected chi connectivity index (χ0v) is 25.3. The molecule has 3 saturated carbocycles. The van der Waals surface area contributed by atoms with Crippen molar-refractivity contribution in [3.63, 3.8) is 0 Å². The van der Waals surface area contributed by atoms with E-state index in [0.29, 0.717) is 25.6 Å². The Morgan fingerprint density at radius 3 is 2.28 bits per heavy atom. The third-order valence-corrected chi connectivity index (χ3v) is 9.84. The van der Waals surface area contributed by atoms with Gasteiger partial charge in [-0.25, -0.2) is 0 Å². The van der Waals surface area contributed by atoms with Gasteiger partial charge in [-0.3, -0.25) is 4.79 Å². The van der Waals surface area contributed by atoms with Gasteiger partial charge in [0, 0.05) is 42.2 Å². The molecular formula is C34H41F2N3O4. The fourth-order valence-corrected chi connectivity index (χ4v) is 7.06. The van der Waals surface area contributed by atoms with Crippen LogP contribution in [0.5, 0.6) is 5.75 Å². The number of halogens is 2. The summed E-state index contributed by atoms with van der Waals surface area (Å²) in [6.07, 6.45) is 7.45. The molecule has 0 unspecified atom stereocenters. The van der Waals surface area contributed by atoms with Gasteiger partial charge in [0.2, 0.25) is 11.8 Å². The van der Waals surface area contributed by atoms with Gasteiger partial charge >= 0.3 is 6.61 Å². The molecule has 3 aliphatic carbocycles. The summed E-state index contributed by atoms with van der Waals surface area (Å²) in [5.74, 6) is 1.74. The highest BCUT2D eigenvalue weighted by atomic mass is 19.3. The maximum atomic E-state index is 14.2. The second-order valence-corrected chi connectivity index (χ2v) is 13.7. The van der Waals surface area contributed by atoms with Crippen molar-refractivity contribution in [2.75, 3.05) is 24.7 Å². The maximum absolute atomic E-state index is 14.2. The van der Waals surface area contributed by atoms with E-state index in [2.05, 4.69) is 30.7 Å². The smallest absolute Gasteiger partial charge is 0.387 e. The van der Waals surface area contributed by atoms with Crippen LogP contribution >= 0.6 is 0 Å². The highest BCUT2D eigenvalue weighted by Gasteiger charge is 2.53. The number of carbonyl (C=O) groups is 1. The van der Waals surface area contributed by atoms with E-state index in [1.165, 1.54) is 0 Å². The molecule has 1 aromatic heterocycles. The predicted molar refractivity (Wildman–Crippen MR) is 159 cm³/mol. The van der Waals surface area contributed by atoms with Gasteiger partial charge in [0.15, 0.2) is 5.82 Å². The van der Waals surface area contributed by atoms with E-state index in [1.807, 2.05) is 29.2 Å². The summed E-state index contributed by atoms with van der Waals surface area (Å²) in [5.41, 5.74) is 2.45. The normalized spacial score (nSPS) is 24.3. The first-order chi connectivity index (χ1) is 20.6. The molecule has 7 rings (SSSR count). The van der Waals surface area contributed by atoms with E-state index in [0.717, 1.165) is 74.0 Å². The molecule has 230 valence electrons. The number of anilines is 1. The van der Waals surface area contributed by atoms with Crippen LogP contribution in [0.2, 0.25) is 0 Å². The molecule has 4 aliphatic rings. The number of carbonyl (C=O) groups excluding carboxylic acids is 1. The predicted octanol–water partition coefficient (Wildman–Crippen LogP) is 7.69.